The van der Waals surface area contributed by atoms with Gasteiger partial charge in [0.1, 0.15) is 11.3 Å². The number of ether oxygens (including phenoxy) is 1. The maximum Gasteiger partial charge on any atom is 0.119 e. The van der Waals surface area contributed by atoms with Gasteiger partial charge in [0, 0.05) is 0 Å². The van der Waals surface area contributed by atoms with E-state index in [0.29, 0.717) is 13.0 Å². The summed E-state index contributed by atoms with van der Waals surface area (Å²) in [5.41, 5.74) is 6.36. The van der Waals surface area contributed by atoms with Gasteiger partial charge < -0.3 is 10.5 Å². The van der Waals surface area contributed by atoms with Crippen LogP contribution in [0.15, 0.2) is 24.3 Å². The number of nitrogens with zero attached hydrogens (tertiary/aromatic N) is 1. The highest BCUT2D eigenvalue weighted by molar-refractivity contribution is 5.27. The second-order valence-corrected chi connectivity index (χ2v) is 5.23. The first-order valence-corrected chi connectivity index (χ1v) is 6.99. The highest BCUT2D eigenvalue weighted by atomic mass is 16.5. The van der Waals surface area contributed by atoms with Gasteiger partial charge in [-0.05, 0) is 50.3 Å². The number of unbranched alkanes of at least 4 members (excludes halogenated alkanes) is 1. The van der Waals surface area contributed by atoms with Gasteiger partial charge in [0.2, 0.25) is 0 Å². The van der Waals surface area contributed by atoms with Crippen molar-refractivity contribution in [2.75, 3.05) is 6.61 Å². The zero-order valence-corrected chi connectivity index (χ0v) is 12.0. The fraction of sp³-hybridized carbons (Fsp3) is 0.562. The Kier molecular flexibility index (Phi) is 6.38. The maximum absolute atomic E-state index is 8.80. The average molecular weight is 260 g/mol. The Balaban J connectivity index is 2.29. The summed E-state index contributed by atoms with van der Waals surface area (Å²) in [6.07, 6.45) is 5.01. The summed E-state index contributed by atoms with van der Waals surface area (Å²) in [5, 5.41) is 8.80. The van der Waals surface area contributed by atoms with E-state index in [1.807, 2.05) is 12.1 Å². The summed E-state index contributed by atoms with van der Waals surface area (Å²) in [6.45, 7) is 4.54. The molecule has 1 atom stereocenters. The van der Waals surface area contributed by atoms with Crippen LogP contribution in [0.1, 0.15) is 45.1 Å². The molecule has 3 heteroatoms. The molecule has 0 amide bonds. The lowest BCUT2D eigenvalue weighted by Crippen LogP contribution is -2.34. The summed E-state index contributed by atoms with van der Waals surface area (Å²) in [7, 11) is 0. The van der Waals surface area contributed by atoms with Crippen molar-refractivity contribution in [3.63, 3.8) is 0 Å². The third-order valence-corrected chi connectivity index (χ3v) is 3.11. The fourth-order valence-electron chi connectivity index (χ4n) is 1.82. The van der Waals surface area contributed by atoms with Gasteiger partial charge in [-0.1, -0.05) is 25.5 Å². The lowest BCUT2D eigenvalue weighted by atomic mass is 10.00. The summed E-state index contributed by atoms with van der Waals surface area (Å²) in [4.78, 5) is 0. The number of hydrogen-bond acceptors (Lipinski definition) is 3. The number of nitriles is 1. The first kappa shape index (κ1) is 15.5. The molecular weight excluding hydrogens is 236 g/mol. The predicted octanol–water partition coefficient (Wildman–Crippen LogP) is 3.43. The van der Waals surface area contributed by atoms with E-state index in [9.17, 15) is 0 Å². The van der Waals surface area contributed by atoms with E-state index in [1.54, 1.807) is 6.92 Å². The summed E-state index contributed by atoms with van der Waals surface area (Å²) < 4.78 is 5.64. The fourth-order valence-corrected chi connectivity index (χ4v) is 1.82. The molecule has 0 aliphatic rings. The average Bonchev–Trinajstić information content (AvgIpc) is 2.42. The van der Waals surface area contributed by atoms with Gasteiger partial charge in [0.25, 0.3) is 0 Å². The van der Waals surface area contributed by atoms with Crippen LogP contribution in [-0.4, -0.2) is 12.1 Å². The van der Waals surface area contributed by atoms with Crippen molar-refractivity contribution >= 4 is 0 Å². The molecule has 0 aromatic heterocycles. The van der Waals surface area contributed by atoms with Gasteiger partial charge in [0.15, 0.2) is 0 Å². The molecule has 104 valence electrons. The molecule has 0 aliphatic heterocycles. The van der Waals surface area contributed by atoms with Crippen LogP contribution >= 0.6 is 0 Å². The highest BCUT2D eigenvalue weighted by Gasteiger charge is 2.16. The zero-order valence-electron chi connectivity index (χ0n) is 12.0. The van der Waals surface area contributed by atoms with Crippen LogP contribution in [0, 0.1) is 11.3 Å². The van der Waals surface area contributed by atoms with Crippen molar-refractivity contribution in [3.8, 4) is 11.8 Å². The molecule has 0 aliphatic carbocycles. The topological polar surface area (TPSA) is 59.0 Å². The minimum atomic E-state index is -0.743. The van der Waals surface area contributed by atoms with Gasteiger partial charge in [0.05, 0.1) is 12.7 Å². The van der Waals surface area contributed by atoms with E-state index in [1.165, 1.54) is 18.4 Å². The highest BCUT2D eigenvalue weighted by Crippen LogP contribution is 2.15. The molecule has 0 bridgehead atoms. The molecule has 1 unspecified atom stereocenters. The number of aryl methyl sites for hydroxylation is 1. The largest absolute Gasteiger partial charge is 0.494 e. The number of benzene rings is 1. The van der Waals surface area contributed by atoms with Crippen LogP contribution in [0.4, 0.5) is 0 Å². The van der Waals surface area contributed by atoms with E-state index in [4.69, 9.17) is 15.7 Å². The van der Waals surface area contributed by atoms with E-state index >= 15 is 0 Å². The van der Waals surface area contributed by atoms with E-state index in [-0.39, 0.29) is 0 Å². The van der Waals surface area contributed by atoms with Crippen LogP contribution in [0.3, 0.4) is 0 Å². The lowest BCUT2D eigenvalue weighted by Gasteiger charge is -2.15. The standard InChI is InChI=1S/C16H24N2O/c1-3-4-6-14-7-9-15(10-8-14)19-12-5-11-16(2,18)13-17/h7-10H,3-6,11-12,18H2,1-2H3. The summed E-state index contributed by atoms with van der Waals surface area (Å²) in [5.74, 6) is 0.885. The zero-order chi connectivity index (χ0) is 14.1. The van der Waals surface area contributed by atoms with E-state index in [0.717, 1.165) is 18.6 Å². The van der Waals surface area contributed by atoms with Crippen molar-refractivity contribution in [1.29, 1.82) is 5.26 Å². The Labute approximate surface area is 116 Å². The Morgan fingerprint density at radius 3 is 2.53 bits per heavy atom. The third-order valence-electron chi connectivity index (χ3n) is 3.11. The van der Waals surface area contributed by atoms with Crippen LogP contribution in [0.25, 0.3) is 0 Å². The van der Waals surface area contributed by atoms with Crippen LogP contribution in [0.2, 0.25) is 0 Å². The van der Waals surface area contributed by atoms with E-state index < -0.39 is 5.54 Å². The van der Waals surface area contributed by atoms with Crippen LogP contribution in [0.5, 0.6) is 5.75 Å². The Bertz CT molecular complexity index is 404. The molecule has 0 saturated heterocycles. The molecule has 3 nitrogen and oxygen atoms in total. The first-order valence-electron chi connectivity index (χ1n) is 6.99. The van der Waals surface area contributed by atoms with Gasteiger partial charge in [-0.2, -0.15) is 5.26 Å². The third kappa shape index (κ3) is 6.26. The molecule has 1 aromatic carbocycles. The maximum atomic E-state index is 8.80. The Morgan fingerprint density at radius 2 is 1.95 bits per heavy atom. The van der Waals surface area contributed by atoms with Gasteiger partial charge in [-0.3, -0.25) is 0 Å². The quantitative estimate of drug-likeness (QED) is 0.728. The van der Waals surface area contributed by atoms with Gasteiger partial charge in [-0.25, -0.2) is 0 Å². The Morgan fingerprint density at radius 1 is 1.26 bits per heavy atom. The number of nitrogens with two attached hydrogens (primary N) is 1. The van der Waals surface area contributed by atoms with Crippen LogP contribution in [-0.2, 0) is 6.42 Å². The van der Waals surface area contributed by atoms with Crippen molar-refractivity contribution in [2.45, 2.75) is 51.5 Å². The minimum absolute atomic E-state index is 0.600. The van der Waals surface area contributed by atoms with Crippen molar-refractivity contribution < 1.29 is 4.74 Å². The lowest BCUT2D eigenvalue weighted by molar-refractivity contribution is 0.296. The van der Waals surface area contributed by atoms with Crippen molar-refractivity contribution in [1.82, 2.24) is 0 Å². The molecule has 1 rings (SSSR count). The normalized spacial score (nSPS) is 13.6. The molecule has 0 heterocycles. The predicted molar refractivity (Wildman–Crippen MR) is 78.0 cm³/mol. The van der Waals surface area contributed by atoms with E-state index in [2.05, 4.69) is 25.1 Å². The summed E-state index contributed by atoms with van der Waals surface area (Å²) in [6, 6.07) is 10.3. The second-order valence-electron chi connectivity index (χ2n) is 5.23. The van der Waals surface area contributed by atoms with Crippen molar-refractivity contribution in [3.05, 3.63) is 29.8 Å². The van der Waals surface area contributed by atoms with Gasteiger partial charge in [-0.15, -0.1) is 0 Å². The Hall–Kier alpha value is -1.53. The molecule has 0 fully saturated rings. The number of rotatable bonds is 8. The molecule has 0 spiro atoms. The molecule has 2 N–H and O–H groups in total. The van der Waals surface area contributed by atoms with Crippen LogP contribution < -0.4 is 10.5 Å². The second kappa shape index (κ2) is 7.81. The summed E-state index contributed by atoms with van der Waals surface area (Å²) >= 11 is 0. The molecule has 1 aromatic rings. The monoisotopic (exact) mass is 260 g/mol. The molecular formula is C16H24N2O. The number of hydrogen-bond donors (Lipinski definition) is 1. The SMILES string of the molecule is CCCCc1ccc(OCCCC(C)(N)C#N)cc1. The molecule has 19 heavy (non-hydrogen) atoms. The first-order chi connectivity index (χ1) is 9.07. The molecule has 0 saturated carbocycles. The van der Waals surface area contributed by atoms with Crippen molar-refractivity contribution in [2.24, 2.45) is 5.73 Å². The smallest absolute Gasteiger partial charge is 0.119 e. The minimum Gasteiger partial charge on any atom is -0.494 e. The van der Waals surface area contributed by atoms with Gasteiger partial charge >= 0.3 is 0 Å². The molecule has 0 radical (unpaired) electrons.